The molecule has 0 amide bonds. The van der Waals surface area contributed by atoms with Crippen molar-refractivity contribution in [2.45, 2.75) is 5.60 Å². The summed E-state index contributed by atoms with van der Waals surface area (Å²) in [6, 6.07) is 7.16. The SMILES string of the molecule is CNCC(O)(CF)c1ccc(OC)c(-c2ccc(F)c(Cl)c2)n1. The summed E-state index contributed by atoms with van der Waals surface area (Å²) in [4.78, 5) is 4.31. The molecule has 0 fully saturated rings. The highest BCUT2D eigenvalue weighted by Crippen LogP contribution is 2.33. The molecule has 1 heterocycles. The zero-order valence-corrected chi connectivity index (χ0v) is 13.5. The maximum atomic E-state index is 13.3. The number of ether oxygens (including phenoxy) is 1. The quantitative estimate of drug-likeness (QED) is 0.847. The van der Waals surface area contributed by atoms with E-state index in [4.69, 9.17) is 16.3 Å². The lowest BCUT2D eigenvalue weighted by atomic mass is 9.99. The number of benzene rings is 1. The highest BCUT2D eigenvalue weighted by molar-refractivity contribution is 6.31. The number of halogens is 3. The lowest BCUT2D eigenvalue weighted by Crippen LogP contribution is -2.39. The normalized spacial score (nSPS) is 13.7. The van der Waals surface area contributed by atoms with Crippen LogP contribution in [0, 0.1) is 5.82 Å². The summed E-state index contributed by atoms with van der Waals surface area (Å²) >= 11 is 5.80. The van der Waals surface area contributed by atoms with Crippen LogP contribution in [-0.2, 0) is 5.60 Å². The largest absolute Gasteiger partial charge is 0.494 e. The predicted molar refractivity (Wildman–Crippen MR) is 85.0 cm³/mol. The first-order chi connectivity index (χ1) is 10.9. The van der Waals surface area contributed by atoms with Crippen LogP contribution < -0.4 is 10.1 Å². The summed E-state index contributed by atoms with van der Waals surface area (Å²) in [5.41, 5.74) is -0.777. The molecule has 1 unspecified atom stereocenters. The van der Waals surface area contributed by atoms with E-state index in [-0.39, 0.29) is 17.3 Å². The number of nitrogens with zero attached hydrogens (tertiary/aromatic N) is 1. The average molecular weight is 343 g/mol. The topological polar surface area (TPSA) is 54.4 Å². The van der Waals surface area contributed by atoms with Gasteiger partial charge in [-0.15, -0.1) is 0 Å². The van der Waals surface area contributed by atoms with Gasteiger partial charge < -0.3 is 15.2 Å². The molecule has 124 valence electrons. The minimum atomic E-state index is -1.76. The zero-order chi connectivity index (χ0) is 17.0. The van der Waals surface area contributed by atoms with Gasteiger partial charge in [0.05, 0.1) is 17.8 Å². The number of methoxy groups -OCH3 is 1. The lowest BCUT2D eigenvalue weighted by molar-refractivity contribution is 0.00944. The third-order valence-corrected chi connectivity index (χ3v) is 3.73. The summed E-state index contributed by atoms with van der Waals surface area (Å²) in [6.07, 6.45) is 0. The Morgan fingerprint density at radius 2 is 2.09 bits per heavy atom. The number of likely N-dealkylation sites (N-methyl/N-ethyl adjacent to an activating group) is 1. The molecule has 23 heavy (non-hydrogen) atoms. The fraction of sp³-hybridized carbons (Fsp3) is 0.312. The number of rotatable bonds is 6. The zero-order valence-electron chi connectivity index (χ0n) is 12.7. The van der Waals surface area contributed by atoms with Crippen LogP contribution in [0.15, 0.2) is 30.3 Å². The number of alkyl halides is 1. The minimum absolute atomic E-state index is 0.00750. The fourth-order valence-electron chi connectivity index (χ4n) is 2.22. The van der Waals surface area contributed by atoms with Crippen molar-refractivity contribution in [1.29, 1.82) is 0 Å². The Kier molecular flexibility index (Phi) is 5.51. The molecular weight excluding hydrogens is 326 g/mol. The second-order valence-electron chi connectivity index (χ2n) is 5.07. The van der Waals surface area contributed by atoms with Gasteiger partial charge >= 0.3 is 0 Å². The average Bonchev–Trinajstić information content (AvgIpc) is 2.57. The molecule has 1 aromatic heterocycles. The fourth-order valence-corrected chi connectivity index (χ4v) is 2.40. The molecule has 0 radical (unpaired) electrons. The van der Waals surface area contributed by atoms with E-state index in [1.54, 1.807) is 13.1 Å². The van der Waals surface area contributed by atoms with Crippen LogP contribution in [0.1, 0.15) is 5.69 Å². The van der Waals surface area contributed by atoms with Crippen LogP contribution in [0.25, 0.3) is 11.3 Å². The second kappa shape index (κ2) is 7.21. The predicted octanol–water partition coefficient (Wildman–Crippen LogP) is 2.93. The van der Waals surface area contributed by atoms with E-state index in [1.165, 1.54) is 31.4 Å². The van der Waals surface area contributed by atoms with E-state index >= 15 is 0 Å². The maximum Gasteiger partial charge on any atom is 0.147 e. The van der Waals surface area contributed by atoms with Gasteiger partial charge in [0.15, 0.2) is 0 Å². The van der Waals surface area contributed by atoms with Gasteiger partial charge in [0, 0.05) is 12.1 Å². The van der Waals surface area contributed by atoms with Crippen LogP contribution in [-0.4, -0.2) is 37.5 Å². The Hall–Kier alpha value is -1.76. The van der Waals surface area contributed by atoms with E-state index in [2.05, 4.69) is 10.3 Å². The Morgan fingerprint density at radius 1 is 1.35 bits per heavy atom. The van der Waals surface area contributed by atoms with Gasteiger partial charge in [-0.05, 0) is 37.4 Å². The van der Waals surface area contributed by atoms with E-state index in [0.717, 1.165) is 0 Å². The molecule has 0 bridgehead atoms. The molecule has 0 aliphatic carbocycles. The van der Waals surface area contributed by atoms with Gasteiger partial charge in [0.25, 0.3) is 0 Å². The van der Waals surface area contributed by atoms with E-state index < -0.39 is 18.1 Å². The monoisotopic (exact) mass is 342 g/mol. The first kappa shape index (κ1) is 17.6. The number of aromatic nitrogens is 1. The molecule has 1 aromatic carbocycles. The number of hydrogen-bond acceptors (Lipinski definition) is 4. The lowest BCUT2D eigenvalue weighted by Gasteiger charge is -2.25. The summed E-state index contributed by atoms with van der Waals surface area (Å²) < 4.78 is 31.9. The van der Waals surface area contributed by atoms with Crippen molar-refractivity contribution >= 4 is 11.6 Å². The molecule has 4 nitrogen and oxygen atoms in total. The molecule has 0 aliphatic heterocycles. The van der Waals surface area contributed by atoms with Gasteiger partial charge in [-0.1, -0.05) is 11.6 Å². The Bertz CT molecular complexity index is 700. The maximum absolute atomic E-state index is 13.3. The standard InChI is InChI=1S/C16H17ClF2N2O2/c1-20-9-16(22,8-18)14-6-5-13(23-2)15(21-14)10-3-4-12(19)11(17)7-10/h3-7,20,22H,8-9H2,1-2H3. The first-order valence-electron chi connectivity index (χ1n) is 6.89. The van der Waals surface area contributed by atoms with Gasteiger partial charge in [-0.25, -0.2) is 13.8 Å². The Balaban J connectivity index is 2.57. The van der Waals surface area contributed by atoms with Crippen molar-refractivity contribution in [3.63, 3.8) is 0 Å². The van der Waals surface area contributed by atoms with Crippen molar-refractivity contribution < 1.29 is 18.6 Å². The van der Waals surface area contributed by atoms with Crippen molar-refractivity contribution in [3.8, 4) is 17.0 Å². The number of nitrogens with one attached hydrogen (secondary N) is 1. The third-order valence-electron chi connectivity index (χ3n) is 3.44. The molecule has 0 saturated heterocycles. The molecule has 7 heteroatoms. The number of hydrogen-bond donors (Lipinski definition) is 2. The van der Waals surface area contributed by atoms with Crippen LogP contribution >= 0.6 is 11.6 Å². The summed E-state index contributed by atoms with van der Waals surface area (Å²) in [7, 11) is 3.06. The molecule has 2 N–H and O–H groups in total. The Morgan fingerprint density at radius 3 is 2.65 bits per heavy atom. The Labute approximate surface area is 138 Å². The van der Waals surface area contributed by atoms with Gasteiger partial charge in [-0.2, -0.15) is 0 Å². The smallest absolute Gasteiger partial charge is 0.147 e. The van der Waals surface area contributed by atoms with Crippen molar-refractivity contribution in [2.75, 3.05) is 27.4 Å². The van der Waals surface area contributed by atoms with E-state index in [0.29, 0.717) is 17.0 Å². The second-order valence-corrected chi connectivity index (χ2v) is 5.48. The molecule has 2 aromatic rings. The third kappa shape index (κ3) is 3.60. The van der Waals surface area contributed by atoms with Crippen LogP contribution in [0.3, 0.4) is 0 Å². The number of aliphatic hydroxyl groups is 1. The minimum Gasteiger partial charge on any atom is -0.494 e. The van der Waals surface area contributed by atoms with Crippen molar-refractivity contribution in [3.05, 3.63) is 46.9 Å². The van der Waals surface area contributed by atoms with E-state index in [1.807, 2.05) is 0 Å². The summed E-state index contributed by atoms with van der Waals surface area (Å²) in [5.74, 6) is -0.150. The summed E-state index contributed by atoms with van der Waals surface area (Å²) in [6.45, 7) is -1.01. The van der Waals surface area contributed by atoms with Gasteiger partial charge in [0.2, 0.25) is 0 Å². The first-order valence-corrected chi connectivity index (χ1v) is 7.27. The molecule has 0 spiro atoms. The van der Waals surface area contributed by atoms with Crippen LogP contribution in [0.5, 0.6) is 5.75 Å². The summed E-state index contributed by atoms with van der Waals surface area (Å²) in [5, 5.41) is 13.1. The highest BCUT2D eigenvalue weighted by Gasteiger charge is 2.31. The van der Waals surface area contributed by atoms with Gasteiger partial charge in [0.1, 0.15) is 29.5 Å². The van der Waals surface area contributed by atoms with Crippen LogP contribution in [0.2, 0.25) is 5.02 Å². The molecule has 1 atom stereocenters. The highest BCUT2D eigenvalue weighted by atomic mass is 35.5. The molecule has 0 aliphatic rings. The molecule has 0 saturated carbocycles. The van der Waals surface area contributed by atoms with E-state index in [9.17, 15) is 13.9 Å². The molecular formula is C16H17ClF2N2O2. The van der Waals surface area contributed by atoms with Gasteiger partial charge in [-0.3, -0.25) is 0 Å². The molecule has 2 rings (SSSR count). The van der Waals surface area contributed by atoms with Crippen molar-refractivity contribution in [2.24, 2.45) is 0 Å². The van der Waals surface area contributed by atoms with Crippen LogP contribution in [0.4, 0.5) is 8.78 Å². The number of pyridine rings is 1. The van der Waals surface area contributed by atoms with Crippen molar-refractivity contribution in [1.82, 2.24) is 10.3 Å².